The van der Waals surface area contributed by atoms with E-state index in [4.69, 9.17) is 4.74 Å². The minimum atomic E-state index is -0.0143. The van der Waals surface area contributed by atoms with Crippen molar-refractivity contribution in [3.8, 4) is 0 Å². The molecule has 0 radical (unpaired) electrons. The van der Waals surface area contributed by atoms with Gasteiger partial charge >= 0.3 is 0 Å². The van der Waals surface area contributed by atoms with Gasteiger partial charge in [0.2, 0.25) is 5.91 Å². The van der Waals surface area contributed by atoms with Crippen LogP contribution in [0.3, 0.4) is 0 Å². The number of likely N-dealkylation sites (tertiary alicyclic amines) is 1. The number of rotatable bonds is 3. The van der Waals surface area contributed by atoms with Crippen molar-refractivity contribution in [1.82, 2.24) is 14.9 Å². The van der Waals surface area contributed by atoms with Crippen molar-refractivity contribution in [3.05, 3.63) is 23.8 Å². The van der Waals surface area contributed by atoms with Gasteiger partial charge in [0.15, 0.2) is 5.16 Å². The fourth-order valence-electron chi connectivity index (χ4n) is 3.43. The second-order valence-electron chi connectivity index (χ2n) is 6.33. The molecule has 5 nitrogen and oxygen atoms in total. The number of ether oxygens (including phenoxy) is 1. The fraction of sp³-hybridized carbons (Fsp3) is 0.529. The highest BCUT2D eigenvalue weighted by Crippen LogP contribution is 2.32. The molecule has 4 rings (SSSR count). The first-order chi connectivity index (χ1) is 11.2. The number of benzene rings is 1. The number of carbonyl (C=O) groups is 1. The lowest BCUT2D eigenvalue weighted by atomic mass is 10.1. The number of hydrogen-bond acceptors (Lipinski definition) is 4. The second kappa shape index (κ2) is 6.17. The first-order valence-electron chi connectivity index (χ1n) is 8.22. The summed E-state index contributed by atoms with van der Waals surface area (Å²) in [6.45, 7) is 4.48. The zero-order valence-corrected chi connectivity index (χ0v) is 14.1. The highest BCUT2D eigenvalue weighted by atomic mass is 32.2. The Labute approximate surface area is 139 Å². The Hall–Kier alpha value is -1.53. The third kappa shape index (κ3) is 2.97. The van der Waals surface area contributed by atoms with E-state index in [9.17, 15) is 4.79 Å². The number of nitrogens with zero attached hydrogens (tertiary/aromatic N) is 2. The molecule has 2 saturated heterocycles. The van der Waals surface area contributed by atoms with Gasteiger partial charge in [-0.1, -0.05) is 17.8 Å². The number of fused-ring (bicyclic) bond motifs is 1. The number of aryl methyl sites for hydroxylation is 1. The van der Waals surface area contributed by atoms with E-state index in [1.807, 2.05) is 6.07 Å². The van der Waals surface area contributed by atoms with E-state index in [1.165, 1.54) is 5.56 Å². The molecule has 1 atom stereocenters. The van der Waals surface area contributed by atoms with Crippen LogP contribution in [0.1, 0.15) is 24.8 Å². The van der Waals surface area contributed by atoms with Crippen LogP contribution in [-0.4, -0.2) is 51.8 Å². The van der Waals surface area contributed by atoms with E-state index in [0.717, 1.165) is 55.2 Å². The molecule has 0 saturated carbocycles. The number of aromatic nitrogens is 2. The second-order valence-corrected chi connectivity index (χ2v) is 7.52. The Kier molecular flexibility index (Phi) is 4.03. The minimum absolute atomic E-state index is 0.0143. The van der Waals surface area contributed by atoms with Crippen LogP contribution >= 0.6 is 11.8 Å². The van der Waals surface area contributed by atoms with Gasteiger partial charge in [0.05, 0.1) is 16.3 Å². The Morgan fingerprint density at radius 1 is 1.30 bits per heavy atom. The number of thioether (sulfide) groups is 1. The number of amides is 1. The SMILES string of the molecule is Cc1ccc2nc(S[C@@H]3CCN(C4CCOCC4)C3=O)[nH]c2c1. The Balaban J connectivity index is 1.46. The molecule has 1 amide bonds. The summed E-state index contributed by atoms with van der Waals surface area (Å²) in [6, 6.07) is 6.54. The molecule has 2 fully saturated rings. The van der Waals surface area contributed by atoms with E-state index >= 15 is 0 Å². The normalized spacial score (nSPS) is 23.1. The average molecular weight is 331 g/mol. The molecule has 0 aliphatic carbocycles. The molecule has 2 aliphatic rings. The van der Waals surface area contributed by atoms with Crippen molar-refractivity contribution >= 4 is 28.7 Å². The number of imidazole rings is 1. The first-order valence-corrected chi connectivity index (χ1v) is 9.10. The Morgan fingerprint density at radius 3 is 2.96 bits per heavy atom. The molecule has 2 aromatic rings. The summed E-state index contributed by atoms with van der Waals surface area (Å²) in [4.78, 5) is 22.7. The molecule has 23 heavy (non-hydrogen) atoms. The van der Waals surface area contributed by atoms with Crippen molar-refractivity contribution < 1.29 is 9.53 Å². The molecule has 1 N–H and O–H groups in total. The summed E-state index contributed by atoms with van der Waals surface area (Å²) in [5.74, 6) is 0.263. The smallest absolute Gasteiger partial charge is 0.236 e. The van der Waals surface area contributed by atoms with Gasteiger partial charge < -0.3 is 14.6 Å². The van der Waals surface area contributed by atoms with Crippen molar-refractivity contribution in [2.45, 2.75) is 42.6 Å². The van der Waals surface area contributed by atoms with E-state index in [0.29, 0.717) is 6.04 Å². The van der Waals surface area contributed by atoms with Crippen LogP contribution in [0, 0.1) is 6.92 Å². The molecule has 122 valence electrons. The number of aromatic amines is 1. The summed E-state index contributed by atoms with van der Waals surface area (Å²) in [7, 11) is 0. The van der Waals surface area contributed by atoms with Gasteiger partial charge in [0.1, 0.15) is 0 Å². The summed E-state index contributed by atoms with van der Waals surface area (Å²) in [6.07, 6.45) is 2.83. The maximum absolute atomic E-state index is 12.7. The van der Waals surface area contributed by atoms with Crippen LogP contribution in [0.15, 0.2) is 23.4 Å². The van der Waals surface area contributed by atoms with E-state index in [1.54, 1.807) is 11.8 Å². The van der Waals surface area contributed by atoms with Gasteiger partial charge in [0, 0.05) is 25.8 Å². The van der Waals surface area contributed by atoms with Crippen molar-refractivity contribution in [2.75, 3.05) is 19.8 Å². The predicted molar refractivity (Wildman–Crippen MR) is 90.6 cm³/mol. The van der Waals surface area contributed by atoms with E-state index in [2.05, 4.69) is 33.9 Å². The molecular weight excluding hydrogens is 310 g/mol. The minimum Gasteiger partial charge on any atom is -0.381 e. The summed E-state index contributed by atoms with van der Waals surface area (Å²) in [5, 5.41) is 0.831. The first kappa shape index (κ1) is 15.0. The highest BCUT2D eigenvalue weighted by Gasteiger charge is 2.37. The lowest BCUT2D eigenvalue weighted by Crippen LogP contribution is -2.41. The third-order valence-corrected chi connectivity index (χ3v) is 5.83. The topological polar surface area (TPSA) is 58.2 Å². The zero-order chi connectivity index (χ0) is 15.8. The quantitative estimate of drug-likeness (QED) is 0.939. The lowest BCUT2D eigenvalue weighted by molar-refractivity contribution is -0.130. The average Bonchev–Trinajstić information content (AvgIpc) is 3.12. The standard InChI is InChI=1S/C17H21N3O2S/c1-11-2-3-13-14(10-11)19-17(18-13)23-15-4-7-20(16(15)21)12-5-8-22-9-6-12/h2-3,10,12,15H,4-9H2,1H3,(H,18,19)/t15-/m1/s1. The van der Waals surface area contributed by atoms with Gasteiger partial charge in [-0.25, -0.2) is 4.98 Å². The molecule has 6 heteroatoms. The van der Waals surface area contributed by atoms with Gasteiger partial charge in [-0.3, -0.25) is 4.79 Å². The number of hydrogen-bond donors (Lipinski definition) is 1. The fourth-order valence-corrected chi connectivity index (χ4v) is 4.48. The van der Waals surface area contributed by atoms with Crippen LogP contribution in [0.4, 0.5) is 0 Å². The predicted octanol–water partition coefficient (Wildman–Crippen LogP) is 2.74. The number of H-pyrrole nitrogens is 1. The maximum atomic E-state index is 12.7. The Bertz CT molecular complexity index is 724. The van der Waals surface area contributed by atoms with Crippen LogP contribution in [-0.2, 0) is 9.53 Å². The van der Waals surface area contributed by atoms with Crippen LogP contribution in [0.25, 0.3) is 11.0 Å². The monoisotopic (exact) mass is 331 g/mol. The maximum Gasteiger partial charge on any atom is 0.236 e. The summed E-state index contributed by atoms with van der Waals surface area (Å²) >= 11 is 1.57. The van der Waals surface area contributed by atoms with Gasteiger partial charge in [-0.15, -0.1) is 0 Å². The molecule has 0 bridgehead atoms. The number of nitrogens with one attached hydrogen (secondary N) is 1. The molecule has 2 aliphatic heterocycles. The molecule has 3 heterocycles. The largest absolute Gasteiger partial charge is 0.381 e. The van der Waals surface area contributed by atoms with E-state index < -0.39 is 0 Å². The third-order valence-electron chi connectivity index (χ3n) is 4.69. The van der Waals surface area contributed by atoms with Crippen molar-refractivity contribution in [2.24, 2.45) is 0 Å². The molecule has 0 spiro atoms. The molecule has 1 aromatic carbocycles. The number of carbonyl (C=O) groups excluding carboxylic acids is 1. The molecular formula is C17H21N3O2S. The molecule has 0 unspecified atom stereocenters. The van der Waals surface area contributed by atoms with Gasteiger partial charge in [0.25, 0.3) is 0 Å². The van der Waals surface area contributed by atoms with Crippen molar-refractivity contribution in [3.63, 3.8) is 0 Å². The van der Waals surface area contributed by atoms with Gasteiger partial charge in [-0.05, 0) is 43.9 Å². The summed E-state index contributed by atoms with van der Waals surface area (Å²) < 4.78 is 5.40. The lowest BCUT2D eigenvalue weighted by Gasteiger charge is -2.31. The van der Waals surface area contributed by atoms with Crippen LogP contribution in [0.5, 0.6) is 0 Å². The van der Waals surface area contributed by atoms with Crippen molar-refractivity contribution in [1.29, 1.82) is 0 Å². The van der Waals surface area contributed by atoms with Crippen LogP contribution in [0.2, 0.25) is 0 Å². The van der Waals surface area contributed by atoms with Crippen LogP contribution < -0.4 is 0 Å². The molecule has 1 aromatic heterocycles. The van der Waals surface area contributed by atoms with E-state index in [-0.39, 0.29) is 11.2 Å². The summed E-state index contributed by atoms with van der Waals surface area (Å²) in [5.41, 5.74) is 3.21. The Morgan fingerprint density at radius 2 is 2.13 bits per heavy atom. The highest BCUT2D eigenvalue weighted by molar-refractivity contribution is 8.00. The zero-order valence-electron chi connectivity index (χ0n) is 13.2. The van der Waals surface area contributed by atoms with Gasteiger partial charge in [-0.2, -0.15) is 0 Å².